The average Bonchev–Trinajstić information content (AvgIpc) is 2.41. The standard InChI is InChI=1S/C7H6F2.C6H4F2O.C3H8/c1-5-2-3-6(8)4-7(5)9;7-4-1-2-6(9)5(8)3-4;1-3-2/h2-4H,1H3;1-3,9H;3H2,1-2H3. The molecule has 0 saturated heterocycles. The first kappa shape index (κ1) is 19.0. The third-order valence-corrected chi connectivity index (χ3v) is 2.04. The molecule has 0 aromatic heterocycles. The lowest BCUT2D eigenvalue weighted by molar-refractivity contribution is 0.428. The summed E-state index contributed by atoms with van der Waals surface area (Å²) in [5.74, 6) is -3.18. The number of hydrogen-bond acceptors (Lipinski definition) is 1. The summed E-state index contributed by atoms with van der Waals surface area (Å²) in [4.78, 5) is 0. The van der Waals surface area contributed by atoms with E-state index in [1.807, 2.05) is 0 Å². The van der Waals surface area contributed by atoms with E-state index in [4.69, 9.17) is 5.11 Å². The molecule has 0 atom stereocenters. The van der Waals surface area contributed by atoms with Gasteiger partial charge in [-0.15, -0.1) is 0 Å². The van der Waals surface area contributed by atoms with Gasteiger partial charge < -0.3 is 5.11 Å². The Kier molecular flexibility index (Phi) is 8.85. The smallest absolute Gasteiger partial charge is 0.167 e. The lowest BCUT2D eigenvalue weighted by Gasteiger charge is -1.92. The maximum atomic E-state index is 12.3. The first-order chi connectivity index (χ1) is 9.81. The molecule has 1 nitrogen and oxygen atoms in total. The molecular formula is C16H18F4O. The van der Waals surface area contributed by atoms with Gasteiger partial charge >= 0.3 is 0 Å². The van der Waals surface area contributed by atoms with Crippen molar-refractivity contribution in [1.82, 2.24) is 0 Å². The van der Waals surface area contributed by atoms with E-state index in [1.54, 1.807) is 6.92 Å². The zero-order valence-electron chi connectivity index (χ0n) is 12.1. The molecule has 0 aliphatic rings. The van der Waals surface area contributed by atoms with E-state index in [0.717, 1.165) is 18.2 Å². The molecule has 0 aliphatic heterocycles. The second-order valence-corrected chi connectivity index (χ2v) is 4.20. The lowest BCUT2D eigenvalue weighted by Crippen LogP contribution is -1.81. The molecule has 0 spiro atoms. The molecule has 0 radical (unpaired) electrons. The van der Waals surface area contributed by atoms with Crippen LogP contribution in [-0.4, -0.2) is 5.11 Å². The molecule has 0 saturated carbocycles. The fourth-order valence-corrected chi connectivity index (χ4v) is 1.05. The number of aromatic hydroxyl groups is 1. The highest BCUT2D eigenvalue weighted by atomic mass is 19.1. The van der Waals surface area contributed by atoms with Gasteiger partial charge in [-0.25, -0.2) is 17.6 Å². The normalized spacial score (nSPS) is 9.10. The van der Waals surface area contributed by atoms with Crippen molar-refractivity contribution < 1.29 is 22.7 Å². The molecule has 0 bridgehead atoms. The van der Waals surface area contributed by atoms with Crippen molar-refractivity contribution in [3.63, 3.8) is 0 Å². The second-order valence-electron chi connectivity index (χ2n) is 4.20. The predicted molar refractivity (Wildman–Crippen MR) is 75.1 cm³/mol. The predicted octanol–water partition coefficient (Wildman–Crippen LogP) is 5.36. The topological polar surface area (TPSA) is 20.2 Å². The van der Waals surface area contributed by atoms with Crippen LogP contribution in [0, 0.1) is 30.2 Å². The van der Waals surface area contributed by atoms with Crippen LogP contribution < -0.4 is 0 Å². The Morgan fingerprint density at radius 3 is 1.57 bits per heavy atom. The van der Waals surface area contributed by atoms with Crippen LogP contribution in [0.25, 0.3) is 0 Å². The molecule has 2 aromatic rings. The Labute approximate surface area is 121 Å². The van der Waals surface area contributed by atoms with E-state index in [-0.39, 0.29) is 0 Å². The maximum absolute atomic E-state index is 12.3. The number of phenolic OH excluding ortho intramolecular Hbond substituents is 1. The molecule has 116 valence electrons. The van der Waals surface area contributed by atoms with E-state index in [0.29, 0.717) is 11.6 Å². The third kappa shape index (κ3) is 7.97. The Bertz CT molecular complexity index is 506. The molecule has 2 rings (SSSR count). The molecule has 1 N–H and O–H groups in total. The van der Waals surface area contributed by atoms with Crippen molar-refractivity contribution in [2.24, 2.45) is 0 Å². The molecule has 21 heavy (non-hydrogen) atoms. The van der Waals surface area contributed by atoms with Crippen molar-refractivity contribution >= 4 is 0 Å². The van der Waals surface area contributed by atoms with E-state index >= 15 is 0 Å². The monoisotopic (exact) mass is 302 g/mol. The number of phenols is 1. The first-order valence-corrected chi connectivity index (χ1v) is 6.37. The number of hydrogen-bond donors (Lipinski definition) is 1. The summed E-state index contributed by atoms with van der Waals surface area (Å²) in [5, 5.41) is 8.50. The van der Waals surface area contributed by atoms with Crippen LogP contribution in [0.4, 0.5) is 17.6 Å². The maximum Gasteiger partial charge on any atom is 0.167 e. The average molecular weight is 302 g/mol. The van der Waals surface area contributed by atoms with E-state index in [2.05, 4.69) is 13.8 Å². The zero-order valence-corrected chi connectivity index (χ0v) is 12.1. The second kappa shape index (κ2) is 9.80. The molecule has 0 aliphatic carbocycles. The largest absolute Gasteiger partial charge is 0.505 e. The molecule has 0 unspecified atom stereocenters. The van der Waals surface area contributed by atoms with Gasteiger partial charge in [-0.1, -0.05) is 26.3 Å². The Balaban J connectivity index is 0.000000322. The number of aryl methyl sites for hydroxylation is 1. The van der Waals surface area contributed by atoms with Crippen LogP contribution in [0.3, 0.4) is 0 Å². The molecule has 0 heterocycles. The Hall–Kier alpha value is -2.04. The van der Waals surface area contributed by atoms with Crippen LogP contribution in [-0.2, 0) is 0 Å². The first-order valence-electron chi connectivity index (χ1n) is 6.37. The Morgan fingerprint density at radius 2 is 1.24 bits per heavy atom. The highest BCUT2D eigenvalue weighted by molar-refractivity contribution is 5.22. The van der Waals surface area contributed by atoms with Gasteiger partial charge in [0.25, 0.3) is 0 Å². The van der Waals surface area contributed by atoms with Gasteiger partial charge in [0.1, 0.15) is 17.5 Å². The lowest BCUT2D eigenvalue weighted by atomic mass is 10.2. The fourth-order valence-electron chi connectivity index (χ4n) is 1.05. The van der Waals surface area contributed by atoms with Crippen LogP contribution >= 0.6 is 0 Å². The minimum Gasteiger partial charge on any atom is -0.505 e. The highest BCUT2D eigenvalue weighted by Crippen LogP contribution is 2.14. The highest BCUT2D eigenvalue weighted by Gasteiger charge is 1.98. The summed E-state index contributed by atoms with van der Waals surface area (Å²) in [5.41, 5.74) is 0.469. The zero-order chi connectivity index (χ0) is 16.4. The molecule has 5 heteroatoms. The Morgan fingerprint density at radius 1 is 0.810 bits per heavy atom. The summed E-state index contributed by atoms with van der Waals surface area (Å²) < 4.78 is 48.5. The van der Waals surface area contributed by atoms with E-state index in [9.17, 15) is 17.6 Å². The molecule has 0 fully saturated rings. The van der Waals surface area contributed by atoms with Crippen LogP contribution in [0.1, 0.15) is 25.8 Å². The van der Waals surface area contributed by atoms with Crippen LogP contribution in [0.15, 0.2) is 36.4 Å². The van der Waals surface area contributed by atoms with Gasteiger partial charge in [-0.3, -0.25) is 0 Å². The molecule has 0 amide bonds. The van der Waals surface area contributed by atoms with Gasteiger partial charge in [-0.2, -0.15) is 0 Å². The van der Waals surface area contributed by atoms with E-state index < -0.39 is 29.0 Å². The van der Waals surface area contributed by atoms with Crippen molar-refractivity contribution in [2.45, 2.75) is 27.2 Å². The summed E-state index contributed by atoms with van der Waals surface area (Å²) in [6.07, 6.45) is 1.25. The minimum atomic E-state index is -0.935. The number of rotatable bonds is 0. The van der Waals surface area contributed by atoms with Crippen molar-refractivity contribution in [1.29, 1.82) is 0 Å². The molecular weight excluding hydrogens is 284 g/mol. The summed E-state index contributed by atoms with van der Waals surface area (Å²) in [6.45, 7) is 5.84. The van der Waals surface area contributed by atoms with Crippen molar-refractivity contribution in [3.8, 4) is 5.75 Å². The fraction of sp³-hybridized carbons (Fsp3) is 0.250. The summed E-state index contributed by atoms with van der Waals surface area (Å²) in [6, 6.07) is 6.08. The number of benzene rings is 2. The van der Waals surface area contributed by atoms with Gasteiger partial charge in [0, 0.05) is 12.1 Å². The summed E-state index contributed by atoms with van der Waals surface area (Å²) >= 11 is 0. The van der Waals surface area contributed by atoms with Crippen LogP contribution in [0.5, 0.6) is 5.75 Å². The van der Waals surface area contributed by atoms with Crippen molar-refractivity contribution in [2.75, 3.05) is 0 Å². The quantitative estimate of drug-likeness (QED) is 0.649. The van der Waals surface area contributed by atoms with Gasteiger partial charge in [0.15, 0.2) is 11.6 Å². The summed E-state index contributed by atoms with van der Waals surface area (Å²) in [7, 11) is 0. The SMILES string of the molecule is CCC.Cc1ccc(F)cc1F.Oc1ccc(F)cc1F. The van der Waals surface area contributed by atoms with Gasteiger partial charge in [-0.05, 0) is 30.7 Å². The minimum absolute atomic E-state index is 0.469. The van der Waals surface area contributed by atoms with Crippen molar-refractivity contribution in [3.05, 3.63) is 65.2 Å². The third-order valence-electron chi connectivity index (χ3n) is 2.04. The van der Waals surface area contributed by atoms with Gasteiger partial charge in [0.05, 0.1) is 0 Å². The molecule has 2 aromatic carbocycles. The van der Waals surface area contributed by atoms with E-state index in [1.165, 1.54) is 18.6 Å². The van der Waals surface area contributed by atoms with Crippen LogP contribution in [0.2, 0.25) is 0 Å². The number of halogens is 4. The van der Waals surface area contributed by atoms with Gasteiger partial charge in [0.2, 0.25) is 0 Å².